The van der Waals surface area contributed by atoms with Gasteiger partial charge in [0.25, 0.3) is 11.9 Å². The Kier molecular flexibility index (Phi) is 4.08. The number of amides is 1. The summed E-state index contributed by atoms with van der Waals surface area (Å²) in [6.45, 7) is 7.01. The molecule has 2 atom stereocenters. The number of carbonyl (C=O) groups excluding carboxylic acids is 1. The Morgan fingerprint density at radius 3 is 2.79 bits per heavy atom. The van der Waals surface area contributed by atoms with E-state index in [0.29, 0.717) is 23.5 Å². The molecular weight excluding hydrogens is 370 g/mol. The molecule has 1 saturated carbocycles. The Hall–Kier alpha value is -2.54. The van der Waals surface area contributed by atoms with Crippen LogP contribution in [0.1, 0.15) is 45.1 Å². The van der Waals surface area contributed by atoms with E-state index in [1.54, 1.807) is 28.4 Å². The van der Waals surface area contributed by atoms with Gasteiger partial charge in [-0.05, 0) is 58.1 Å². The molecule has 1 aliphatic heterocycles. The molecular formula is C21H23N5OS. The maximum absolute atomic E-state index is 13.1. The third kappa shape index (κ3) is 2.76. The maximum Gasteiger partial charge on any atom is 0.257 e. The summed E-state index contributed by atoms with van der Waals surface area (Å²) in [7, 11) is 0. The molecule has 2 bridgehead atoms. The molecule has 2 aliphatic rings. The summed E-state index contributed by atoms with van der Waals surface area (Å²) in [5, 5.41) is 4.45. The van der Waals surface area contributed by atoms with Crippen LogP contribution in [0.4, 0.5) is 0 Å². The van der Waals surface area contributed by atoms with Crippen LogP contribution in [0.15, 0.2) is 24.5 Å². The van der Waals surface area contributed by atoms with Crippen LogP contribution < -0.4 is 0 Å². The SMILES string of the molecule is Cc1cc(-c2ccnc(-n3ncc(C(=O)N4CC5CCC4C5)c3C)n2)c(C)s1. The molecule has 3 aromatic rings. The third-order valence-corrected chi connectivity index (χ3v) is 7.03. The summed E-state index contributed by atoms with van der Waals surface area (Å²) in [5.74, 6) is 1.28. The number of hydrogen-bond donors (Lipinski definition) is 0. The average molecular weight is 394 g/mol. The highest BCUT2D eigenvalue weighted by Crippen LogP contribution is 2.38. The van der Waals surface area contributed by atoms with Crippen LogP contribution >= 0.6 is 11.3 Å². The van der Waals surface area contributed by atoms with Crippen LogP contribution in [0.2, 0.25) is 0 Å². The van der Waals surface area contributed by atoms with Crippen molar-refractivity contribution >= 4 is 17.2 Å². The third-order valence-electron chi connectivity index (χ3n) is 6.06. The number of aryl methyl sites for hydroxylation is 2. The minimum atomic E-state index is 0.0939. The van der Waals surface area contributed by atoms with Crippen LogP contribution in [0.3, 0.4) is 0 Å². The van der Waals surface area contributed by atoms with E-state index in [-0.39, 0.29) is 5.91 Å². The Bertz CT molecular complexity index is 1070. The van der Waals surface area contributed by atoms with Crippen LogP contribution in [0, 0.1) is 26.7 Å². The van der Waals surface area contributed by atoms with Gasteiger partial charge in [0.15, 0.2) is 0 Å². The van der Waals surface area contributed by atoms with Gasteiger partial charge in [-0.25, -0.2) is 14.6 Å². The molecule has 3 aromatic heterocycles. The molecule has 0 radical (unpaired) electrons. The number of piperidine rings is 1. The van der Waals surface area contributed by atoms with Crippen molar-refractivity contribution in [3.8, 4) is 17.2 Å². The van der Waals surface area contributed by atoms with Crippen molar-refractivity contribution in [1.82, 2.24) is 24.6 Å². The summed E-state index contributed by atoms with van der Waals surface area (Å²) in [4.78, 5) is 26.7. The molecule has 6 nitrogen and oxygen atoms in total. The van der Waals surface area contributed by atoms with Crippen LogP contribution in [0.5, 0.6) is 0 Å². The first-order chi connectivity index (χ1) is 13.5. The van der Waals surface area contributed by atoms with Gasteiger partial charge in [0, 0.05) is 34.1 Å². The Labute approximate surface area is 168 Å². The molecule has 2 fully saturated rings. The number of rotatable bonds is 3. The van der Waals surface area contributed by atoms with E-state index < -0.39 is 0 Å². The highest BCUT2D eigenvalue weighted by Gasteiger charge is 2.41. The van der Waals surface area contributed by atoms with E-state index in [1.165, 1.54) is 16.2 Å². The molecule has 28 heavy (non-hydrogen) atoms. The molecule has 2 unspecified atom stereocenters. The largest absolute Gasteiger partial charge is 0.335 e. The molecule has 0 aromatic carbocycles. The number of nitrogens with zero attached hydrogens (tertiary/aromatic N) is 5. The monoisotopic (exact) mass is 393 g/mol. The Morgan fingerprint density at radius 1 is 1.25 bits per heavy atom. The summed E-state index contributed by atoms with van der Waals surface area (Å²) in [5.41, 5.74) is 3.46. The summed E-state index contributed by atoms with van der Waals surface area (Å²) in [6.07, 6.45) is 6.97. The molecule has 4 heterocycles. The fraction of sp³-hybridized carbons (Fsp3) is 0.429. The summed E-state index contributed by atoms with van der Waals surface area (Å²) in [6, 6.07) is 4.48. The fourth-order valence-corrected chi connectivity index (χ4v) is 5.57. The normalized spacial score (nSPS) is 20.9. The van der Waals surface area contributed by atoms with Crippen LogP contribution in [-0.2, 0) is 0 Å². The van der Waals surface area contributed by atoms with Crippen molar-refractivity contribution in [3.63, 3.8) is 0 Å². The highest BCUT2D eigenvalue weighted by molar-refractivity contribution is 7.12. The Balaban J connectivity index is 1.47. The van der Waals surface area contributed by atoms with Gasteiger partial charge in [-0.15, -0.1) is 11.3 Å². The molecule has 7 heteroatoms. The van der Waals surface area contributed by atoms with Gasteiger partial charge < -0.3 is 4.90 Å². The fourth-order valence-electron chi connectivity index (χ4n) is 4.63. The van der Waals surface area contributed by atoms with Crippen molar-refractivity contribution in [3.05, 3.63) is 45.5 Å². The number of thiophene rings is 1. The van der Waals surface area contributed by atoms with Crippen LogP contribution in [-0.4, -0.2) is 43.1 Å². The molecule has 144 valence electrons. The smallest absolute Gasteiger partial charge is 0.257 e. The molecule has 0 spiro atoms. The van der Waals surface area contributed by atoms with Crippen molar-refractivity contribution in [1.29, 1.82) is 0 Å². The molecule has 1 amide bonds. The minimum Gasteiger partial charge on any atom is -0.335 e. The summed E-state index contributed by atoms with van der Waals surface area (Å²) < 4.78 is 1.68. The summed E-state index contributed by atoms with van der Waals surface area (Å²) >= 11 is 1.76. The van der Waals surface area contributed by atoms with Gasteiger partial charge in [-0.1, -0.05) is 0 Å². The van der Waals surface area contributed by atoms with E-state index in [1.807, 2.05) is 17.9 Å². The average Bonchev–Trinajstić information content (AvgIpc) is 3.45. The van der Waals surface area contributed by atoms with E-state index in [0.717, 1.165) is 36.3 Å². The van der Waals surface area contributed by atoms with Crippen LogP contribution in [0.25, 0.3) is 17.2 Å². The number of likely N-dealkylation sites (tertiary alicyclic amines) is 1. The topological polar surface area (TPSA) is 63.9 Å². The zero-order valence-corrected chi connectivity index (χ0v) is 17.2. The molecule has 1 saturated heterocycles. The van der Waals surface area contributed by atoms with E-state index in [4.69, 9.17) is 4.98 Å². The highest BCUT2D eigenvalue weighted by atomic mass is 32.1. The minimum absolute atomic E-state index is 0.0939. The second-order valence-corrected chi connectivity index (χ2v) is 9.38. The first kappa shape index (κ1) is 17.6. The van der Waals surface area contributed by atoms with Crippen molar-refractivity contribution in [2.45, 2.75) is 46.1 Å². The van der Waals surface area contributed by atoms with E-state index >= 15 is 0 Å². The molecule has 0 N–H and O–H groups in total. The number of hydrogen-bond acceptors (Lipinski definition) is 5. The maximum atomic E-state index is 13.1. The van der Waals surface area contributed by atoms with Gasteiger partial charge in [-0.3, -0.25) is 4.79 Å². The van der Waals surface area contributed by atoms with Gasteiger partial charge in [0.2, 0.25) is 0 Å². The second-order valence-electron chi connectivity index (χ2n) is 7.91. The van der Waals surface area contributed by atoms with Gasteiger partial charge in [-0.2, -0.15) is 5.10 Å². The number of carbonyl (C=O) groups is 1. The lowest BCUT2D eigenvalue weighted by Gasteiger charge is -2.26. The van der Waals surface area contributed by atoms with E-state index in [2.05, 4.69) is 30.0 Å². The van der Waals surface area contributed by atoms with Crippen molar-refractivity contribution in [2.24, 2.45) is 5.92 Å². The van der Waals surface area contributed by atoms with Crippen molar-refractivity contribution < 1.29 is 4.79 Å². The Morgan fingerprint density at radius 2 is 2.11 bits per heavy atom. The zero-order valence-electron chi connectivity index (χ0n) is 16.3. The predicted molar refractivity (Wildman–Crippen MR) is 109 cm³/mol. The first-order valence-electron chi connectivity index (χ1n) is 9.77. The lowest BCUT2D eigenvalue weighted by molar-refractivity contribution is 0.0703. The predicted octanol–water partition coefficient (Wildman–Crippen LogP) is 3.94. The first-order valence-corrected chi connectivity index (χ1v) is 10.6. The molecule has 5 rings (SSSR count). The lowest BCUT2D eigenvalue weighted by atomic mass is 10.1. The van der Waals surface area contributed by atoms with Gasteiger partial charge in [0.1, 0.15) is 0 Å². The van der Waals surface area contributed by atoms with Crippen molar-refractivity contribution in [2.75, 3.05) is 6.54 Å². The molecule has 1 aliphatic carbocycles. The second kappa shape index (κ2) is 6.51. The quantitative estimate of drug-likeness (QED) is 0.676. The standard InChI is InChI=1S/C21H23N5OS/c1-12-8-17(14(3)28-12)19-6-7-22-21(24-19)26-13(2)18(10-23-26)20(27)25-11-15-4-5-16(25)9-15/h6-8,10,15-16H,4-5,9,11H2,1-3H3. The van der Waals surface area contributed by atoms with E-state index in [9.17, 15) is 4.79 Å². The van der Waals surface area contributed by atoms with Gasteiger partial charge in [0.05, 0.1) is 23.1 Å². The van der Waals surface area contributed by atoms with Gasteiger partial charge >= 0.3 is 0 Å². The lowest BCUT2D eigenvalue weighted by Crippen LogP contribution is -2.37. The zero-order chi connectivity index (χ0) is 19.4. The number of aromatic nitrogens is 4. The number of fused-ring (bicyclic) bond motifs is 2.